The molecule has 0 fully saturated rings. The Morgan fingerprint density at radius 1 is 1.05 bits per heavy atom. The van der Waals surface area contributed by atoms with Crippen LogP contribution in [0.4, 0.5) is 5.95 Å². The fraction of sp³-hybridized carbons (Fsp3) is 0. The number of imidazole rings is 1. The first-order valence-electron chi connectivity index (χ1n) is 5.78. The standard InChI is InChI=1S/C13H10BrN3O2S/c14-9-5-1-4-8-12(9)20(18,19)17-13-15-10-6-2-3-7-11(10)16-13/h1-8H,(H2,15,16,17). The van der Waals surface area contributed by atoms with Gasteiger partial charge in [0.05, 0.1) is 11.0 Å². The lowest BCUT2D eigenvalue weighted by Crippen LogP contribution is -2.14. The van der Waals surface area contributed by atoms with Gasteiger partial charge < -0.3 is 4.98 Å². The second-order valence-electron chi connectivity index (χ2n) is 4.14. The first-order valence-corrected chi connectivity index (χ1v) is 8.06. The van der Waals surface area contributed by atoms with E-state index >= 15 is 0 Å². The third-order valence-corrected chi connectivity index (χ3v) is 5.10. The number of hydrogen-bond donors (Lipinski definition) is 2. The van der Waals surface area contributed by atoms with E-state index in [1.54, 1.807) is 18.2 Å². The Balaban J connectivity index is 1.99. The van der Waals surface area contributed by atoms with Gasteiger partial charge in [0, 0.05) is 4.47 Å². The highest BCUT2D eigenvalue weighted by atomic mass is 79.9. The second kappa shape index (κ2) is 4.92. The molecule has 0 amide bonds. The first kappa shape index (κ1) is 13.1. The van der Waals surface area contributed by atoms with Crippen molar-refractivity contribution in [3.8, 4) is 0 Å². The zero-order valence-electron chi connectivity index (χ0n) is 10.2. The van der Waals surface area contributed by atoms with Crippen LogP contribution >= 0.6 is 15.9 Å². The summed E-state index contributed by atoms with van der Waals surface area (Å²) >= 11 is 3.23. The van der Waals surface area contributed by atoms with Gasteiger partial charge in [-0.2, -0.15) is 0 Å². The molecule has 0 aliphatic carbocycles. The summed E-state index contributed by atoms with van der Waals surface area (Å²) in [4.78, 5) is 7.28. The lowest BCUT2D eigenvalue weighted by molar-refractivity contribution is 0.600. The van der Waals surface area contributed by atoms with Gasteiger partial charge in [-0.05, 0) is 40.2 Å². The molecular formula is C13H10BrN3O2S. The maximum atomic E-state index is 12.3. The summed E-state index contributed by atoms with van der Waals surface area (Å²) in [6.07, 6.45) is 0. The molecule has 0 aliphatic rings. The summed E-state index contributed by atoms with van der Waals surface area (Å²) < 4.78 is 27.5. The minimum Gasteiger partial charge on any atom is -0.323 e. The lowest BCUT2D eigenvalue weighted by Gasteiger charge is -2.06. The van der Waals surface area contributed by atoms with E-state index in [0.717, 1.165) is 5.52 Å². The molecule has 0 radical (unpaired) electrons. The van der Waals surface area contributed by atoms with Gasteiger partial charge in [0.1, 0.15) is 4.90 Å². The van der Waals surface area contributed by atoms with E-state index in [0.29, 0.717) is 9.99 Å². The number of hydrogen-bond acceptors (Lipinski definition) is 3. The van der Waals surface area contributed by atoms with Crippen LogP contribution in [-0.2, 0) is 10.0 Å². The van der Waals surface area contributed by atoms with Crippen LogP contribution in [-0.4, -0.2) is 18.4 Å². The summed E-state index contributed by atoms with van der Waals surface area (Å²) in [6.45, 7) is 0. The highest BCUT2D eigenvalue weighted by Crippen LogP contribution is 2.23. The fourth-order valence-electron chi connectivity index (χ4n) is 1.85. The largest absolute Gasteiger partial charge is 0.323 e. The van der Waals surface area contributed by atoms with E-state index in [4.69, 9.17) is 0 Å². The minimum atomic E-state index is -3.68. The fourth-order valence-corrected chi connectivity index (χ4v) is 3.81. The van der Waals surface area contributed by atoms with Crippen molar-refractivity contribution in [2.75, 3.05) is 4.72 Å². The minimum absolute atomic E-state index is 0.167. The number of sulfonamides is 1. The van der Waals surface area contributed by atoms with Gasteiger partial charge in [0.2, 0.25) is 5.95 Å². The van der Waals surface area contributed by atoms with Crippen molar-refractivity contribution in [3.05, 3.63) is 53.0 Å². The predicted octanol–water partition coefficient (Wildman–Crippen LogP) is 3.13. The van der Waals surface area contributed by atoms with Gasteiger partial charge >= 0.3 is 0 Å². The van der Waals surface area contributed by atoms with E-state index in [1.807, 2.05) is 24.3 Å². The van der Waals surface area contributed by atoms with Gasteiger partial charge in [0.25, 0.3) is 10.0 Å². The van der Waals surface area contributed by atoms with Gasteiger partial charge in [0.15, 0.2) is 0 Å². The molecule has 5 nitrogen and oxygen atoms in total. The quantitative estimate of drug-likeness (QED) is 0.761. The molecule has 7 heteroatoms. The average molecular weight is 352 g/mol. The number of nitrogens with one attached hydrogen (secondary N) is 2. The monoisotopic (exact) mass is 351 g/mol. The normalized spacial score (nSPS) is 11.7. The summed E-state index contributed by atoms with van der Waals surface area (Å²) in [5.74, 6) is 0.196. The lowest BCUT2D eigenvalue weighted by atomic mass is 10.3. The highest BCUT2D eigenvalue weighted by molar-refractivity contribution is 9.10. The van der Waals surface area contributed by atoms with Gasteiger partial charge in [-0.25, -0.2) is 18.1 Å². The Hall–Kier alpha value is -1.86. The van der Waals surface area contributed by atoms with Crippen LogP contribution in [0.15, 0.2) is 57.9 Å². The summed E-state index contributed by atoms with van der Waals surface area (Å²) in [7, 11) is -3.68. The van der Waals surface area contributed by atoms with Crippen molar-refractivity contribution in [1.82, 2.24) is 9.97 Å². The van der Waals surface area contributed by atoms with E-state index in [2.05, 4.69) is 30.6 Å². The van der Waals surface area contributed by atoms with Crippen molar-refractivity contribution in [2.45, 2.75) is 4.90 Å². The van der Waals surface area contributed by atoms with Crippen LogP contribution in [0.5, 0.6) is 0 Å². The van der Waals surface area contributed by atoms with Gasteiger partial charge in [-0.15, -0.1) is 0 Å². The summed E-state index contributed by atoms with van der Waals surface area (Å²) in [5.41, 5.74) is 1.48. The number of halogens is 1. The van der Waals surface area contributed by atoms with Gasteiger partial charge in [-0.3, -0.25) is 0 Å². The maximum Gasteiger partial charge on any atom is 0.265 e. The highest BCUT2D eigenvalue weighted by Gasteiger charge is 2.18. The van der Waals surface area contributed by atoms with Crippen LogP contribution in [0.25, 0.3) is 11.0 Å². The molecule has 0 bridgehead atoms. The maximum absolute atomic E-state index is 12.3. The number of anilines is 1. The number of nitrogens with zero attached hydrogens (tertiary/aromatic N) is 1. The molecule has 0 saturated heterocycles. The van der Waals surface area contributed by atoms with Crippen molar-refractivity contribution < 1.29 is 8.42 Å². The number of benzene rings is 2. The predicted molar refractivity (Wildman–Crippen MR) is 81.0 cm³/mol. The number of fused-ring (bicyclic) bond motifs is 1. The Labute approximate surface area is 124 Å². The molecule has 0 saturated carbocycles. The van der Waals surface area contributed by atoms with Crippen LogP contribution in [0.1, 0.15) is 0 Å². The summed E-state index contributed by atoms with van der Waals surface area (Å²) in [6, 6.07) is 14.0. The molecule has 0 aliphatic heterocycles. The van der Waals surface area contributed by atoms with E-state index in [1.165, 1.54) is 6.07 Å². The average Bonchev–Trinajstić information content (AvgIpc) is 2.80. The van der Waals surface area contributed by atoms with Crippen molar-refractivity contribution >= 4 is 42.9 Å². The molecule has 2 N–H and O–H groups in total. The molecule has 102 valence electrons. The van der Waals surface area contributed by atoms with Crippen LogP contribution in [0.2, 0.25) is 0 Å². The molecule has 1 aromatic heterocycles. The third kappa shape index (κ3) is 2.41. The van der Waals surface area contributed by atoms with Crippen LogP contribution in [0, 0.1) is 0 Å². The Kier molecular flexibility index (Phi) is 3.23. The van der Waals surface area contributed by atoms with Crippen molar-refractivity contribution in [1.29, 1.82) is 0 Å². The molecule has 20 heavy (non-hydrogen) atoms. The first-order chi connectivity index (χ1) is 9.56. The molecule has 3 aromatic rings. The Morgan fingerprint density at radius 2 is 1.75 bits per heavy atom. The number of para-hydroxylation sites is 2. The molecule has 2 aromatic carbocycles. The third-order valence-electron chi connectivity index (χ3n) is 2.75. The molecule has 0 atom stereocenters. The topological polar surface area (TPSA) is 74.8 Å². The SMILES string of the molecule is O=S(=O)(Nc1nc2ccccc2[nH]1)c1ccccc1Br. The number of rotatable bonds is 3. The van der Waals surface area contributed by atoms with Crippen LogP contribution < -0.4 is 4.72 Å². The molecule has 0 unspecified atom stereocenters. The Morgan fingerprint density at radius 3 is 2.50 bits per heavy atom. The van der Waals surface area contributed by atoms with E-state index in [9.17, 15) is 8.42 Å². The number of aromatic nitrogens is 2. The van der Waals surface area contributed by atoms with E-state index in [-0.39, 0.29) is 10.8 Å². The smallest absolute Gasteiger partial charge is 0.265 e. The summed E-state index contributed by atoms with van der Waals surface area (Å²) in [5, 5.41) is 0. The molecule has 0 spiro atoms. The number of aromatic amines is 1. The molecular weight excluding hydrogens is 342 g/mol. The zero-order valence-corrected chi connectivity index (χ0v) is 12.6. The number of H-pyrrole nitrogens is 1. The molecule has 3 rings (SSSR count). The van der Waals surface area contributed by atoms with Crippen molar-refractivity contribution in [2.24, 2.45) is 0 Å². The zero-order chi connectivity index (χ0) is 14.2. The molecule has 1 heterocycles. The second-order valence-corrected chi connectivity index (χ2v) is 6.64. The van der Waals surface area contributed by atoms with E-state index < -0.39 is 10.0 Å². The Bertz CT molecular complexity index is 841. The van der Waals surface area contributed by atoms with Crippen LogP contribution in [0.3, 0.4) is 0 Å². The van der Waals surface area contributed by atoms with Gasteiger partial charge in [-0.1, -0.05) is 24.3 Å². The van der Waals surface area contributed by atoms with Crippen molar-refractivity contribution in [3.63, 3.8) is 0 Å².